The van der Waals surface area contributed by atoms with Crippen molar-refractivity contribution >= 4 is 27.5 Å². The summed E-state index contributed by atoms with van der Waals surface area (Å²) in [6.07, 6.45) is 4.82. The average Bonchev–Trinajstić information content (AvgIpc) is 3.59. The molecule has 0 radical (unpaired) electrons. The highest BCUT2D eigenvalue weighted by atomic mass is 32.2. The molecule has 1 atom stereocenters. The number of benzene rings is 4. The van der Waals surface area contributed by atoms with Gasteiger partial charge in [-0.1, -0.05) is 111 Å². The molecule has 1 saturated carbocycles. The summed E-state index contributed by atoms with van der Waals surface area (Å²) in [5.74, 6) is -0.666. The number of carbonyl (C=O) groups is 2. The molecule has 1 unspecified atom stereocenters. The highest BCUT2D eigenvalue weighted by Crippen LogP contribution is 2.29. The Morgan fingerprint density at radius 1 is 0.804 bits per heavy atom. The van der Waals surface area contributed by atoms with Crippen molar-refractivity contribution in [2.75, 3.05) is 10.8 Å². The maximum absolute atomic E-state index is 14.7. The van der Waals surface area contributed by atoms with Gasteiger partial charge >= 0.3 is 0 Å². The van der Waals surface area contributed by atoms with Crippen LogP contribution in [0.2, 0.25) is 0 Å². The minimum absolute atomic E-state index is 0.0626. The summed E-state index contributed by atoms with van der Waals surface area (Å²) in [4.78, 5) is 30.6. The third-order valence-corrected chi connectivity index (χ3v) is 10.6. The number of rotatable bonds is 13. The molecular weight excluding hydrogens is 595 g/mol. The number of sulfonamides is 1. The molecule has 0 aliphatic heterocycles. The first kappa shape index (κ1) is 32.9. The second-order valence-electron chi connectivity index (χ2n) is 12.0. The van der Waals surface area contributed by atoms with Gasteiger partial charge in [0.2, 0.25) is 11.8 Å². The summed E-state index contributed by atoms with van der Waals surface area (Å²) in [6.45, 7) is 3.64. The van der Waals surface area contributed by atoms with Gasteiger partial charge in [-0.25, -0.2) is 8.42 Å². The van der Waals surface area contributed by atoms with Gasteiger partial charge in [0.15, 0.2) is 0 Å². The molecule has 7 nitrogen and oxygen atoms in total. The molecule has 0 saturated heterocycles. The molecule has 0 bridgehead atoms. The molecule has 1 fully saturated rings. The number of para-hydroxylation sites is 1. The average molecular weight is 638 g/mol. The molecule has 240 valence electrons. The van der Waals surface area contributed by atoms with Crippen LogP contribution in [0.1, 0.15) is 54.9 Å². The number of amides is 2. The Hall–Kier alpha value is -4.43. The highest BCUT2D eigenvalue weighted by Gasteiger charge is 2.36. The lowest BCUT2D eigenvalue weighted by atomic mass is 10.0. The van der Waals surface area contributed by atoms with E-state index in [1.54, 1.807) is 47.4 Å². The minimum atomic E-state index is -4.13. The SMILES string of the molecule is CCc1ccccc1N(CC(=O)N(Cc1ccccc1C)C(Cc1ccccc1)C(=O)NC1CCCC1)S(=O)(=O)c1ccccc1. The molecule has 1 aliphatic carbocycles. The Morgan fingerprint density at radius 2 is 1.39 bits per heavy atom. The van der Waals surface area contributed by atoms with Crippen molar-refractivity contribution in [1.82, 2.24) is 10.2 Å². The zero-order valence-electron chi connectivity index (χ0n) is 26.6. The largest absolute Gasteiger partial charge is 0.352 e. The predicted molar refractivity (Wildman–Crippen MR) is 183 cm³/mol. The molecule has 0 spiro atoms. The first-order valence-corrected chi connectivity index (χ1v) is 17.6. The van der Waals surface area contributed by atoms with Crippen LogP contribution >= 0.6 is 0 Å². The number of nitrogens with zero attached hydrogens (tertiary/aromatic N) is 2. The fraction of sp³-hybridized carbons (Fsp3) is 0.316. The van der Waals surface area contributed by atoms with Crippen LogP contribution < -0.4 is 9.62 Å². The smallest absolute Gasteiger partial charge is 0.264 e. The monoisotopic (exact) mass is 637 g/mol. The molecule has 8 heteroatoms. The van der Waals surface area contributed by atoms with Gasteiger partial charge in [0.05, 0.1) is 10.6 Å². The van der Waals surface area contributed by atoms with Crippen molar-refractivity contribution in [3.05, 3.63) is 131 Å². The number of hydrogen-bond acceptors (Lipinski definition) is 4. The lowest BCUT2D eigenvalue weighted by Crippen LogP contribution is -2.54. The van der Waals surface area contributed by atoms with Crippen molar-refractivity contribution in [3.8, 4) is 0 Å². The van der Waals surface area contributed by atoms with Gasteiger partial charge < -0.3 is 10.2 Å². The van der Waals surface area contributed by atoms with Crippen LogP contribution in [0.15, 0.2) is 114 Å². The standard InChI is InChI=1S/C38H43N3O4S/c1-3-31-19-12-15-25-35(31)41(46(44,45)34-23-8-5-9-24-34)28-37(42)40(27-32-20-11-10-16-29(32)2)36(26-30-17-6-4-7-18-30)38(43)39-33-21-13-14-22-33/h4-12,15-20,23-25,33,36H,3,13-14,21-22,26-28H2,1-2H3,(H,39,43). The van der Waals surface area contributed by atoms with E-state index in [1.165, 1.54) is 4.31 Å². The van der Waals surface area contributed by atoms with Crippen molar-refractivity contribution in [2.24, 2.45) is 0 Å². The maximum atomic E-state index is 14.7. The maximum Gasteiger partial charge on any atom is 0.264 e. The fourth-order valence-electron chi connectivity index (χ4n) is 6.18. The summed E-state index contributed by atoms with van der Waals surface area (Å²) in [5, 5.41) is 3.23. The lowest BCUT2D eigenvalue weighted by molar-refractivity contribution is -0.140. The van der Waals surface area contributed by atoms with Gasteiger partial charge in [-0.2, -0.15) is 0 Å². The normalized spacial score (nSPS) is 14.0. The van der Waals surface area contributed by atoms with E-state index in [4.69, 9.17) is 0 Å². The Labute approximate surface area is 273 Å². The summed E-state index contributed by atoms with van der Waals surface area (Å²) in [6, 6.07) is 32.1. The van der Waals surface area contributed by atoms with E-state index in [-0.39, 0.29) is 23.4 Å². The van der Waals surface area contributed by atoms with Crippen LogP contribution in [0.3, 0.4) is 0 Å². The van der Waals surface area contributed by atoms with E-state index in [1.807, 2.05) is 80.6 Å². The summed E-state index contributed by atoms with van der Waals surface area (Å²) in [7, 11) is -4.13. The lowest BCUT2D eigenvalue weighted by Gasteiger charge is -2.35. The first-order valence-electron chi connectivity index (χ1n) is 16.1. The van der Waals surface area contributed by atoms with Gasteiger partial charge in [-0.3, -0.25) is 13.9 Å². The molecule has 1 aliphatic rings. The third-order valence-electron chi connectivity index (χ3n) is 8.83. The minimum Gasteiger partial charge on any atom is -0.352 e. The van der Waals surface area contributed by atoms with Crippen LogP contribution in [0, 0.1) is 6.92 Å². The van der Waals surface area contributed by atoms with Gasteiger partial charge in [-0.05, 0) is 66.6 Å². The molecular formula is C38H43N3O4S. The molecule has 5 rings (SSSR count). The fourth-order valence-corrected chi connectivity index (χ4v) is 7.65. The summed E-state index contributed by atoms with van der Waals surface area (Å²) < 4.78 is 29.8. The second kappa shape index (κ2) is 15.2. The van der Waals surface area contributed by atoms with Gasteiger partial charge in [0.1, 0.15) is 12.6 Å². The van der Waals surface area contributed by atoms with Crippen LogP contribution in [0.4, 0.5) is 5.69 Å². The molecule has 2 amide bonds. The van der Waals surface area contributed by atoms with E-state index in [0.29, 0.717) is 18.5 Å². The van der Waals surface area contributed by atoms with Crippen molar-refractivity contribution in [2.45, 2.75) is 75.9 Å². The molecule has 46 heavy (non-hydrogen) atoms. The molecule has 4 aromatic rings. The number of hydrogen-bond donors (Lipinski definition) is 1. The molecule has 0 heterocycles. The number of aryl methyl sites for hydroxylation is 2. The van der Waals surface area contributed by atoms with E-state index < -0.39 is 28.5 Å². The van der Waals surface area contributed by atoms with E-state index >= 15 is 0 Å². The van der Waals surface area contributed by atoms with Crippen LogP contribution in [0.25, 0.3) is 0 Å². The van der Waals surface area contributed by atoms with Gasteiger partial charge in [0, 0.05) is 19.0 Å². The van der Waals surface area contributed by atoms with E-state index in [0.717, 1.165) is 47.9 Å². The zero-order valence-corrected chi connectivity index (χ0v) is 27.5. The van der Waals surface area contributed by atoms with Gasteiger partial charge in [0.25, 0.3) is 10.0 Å². The van der Waals surface area contributed by atoms with Crippen molar-refractivity contribution in [3.63, 3.8) is 0 Å². The van der Waals surface area contributed by atoms with Crippen LogP contribution in [0.5, 0.6) is 0 Å². The second-order valence-corrected chi connectivity index (χ2v) is 13.8. The van der Waals surface area contributed by atoms with E-state index in [2.05, 4.69) is 5.32 Å². The van der Waals surface area contributed by atoms with Crippen LogP contribution in [-0.2, 0) is 39.0 Å². The highest BCUT2D eigenvalue weighted by molar-refractivity contribution is 7.92. The number of nitrogens with one attached hydrogen (secondary N) is 1. The van der Waals surface area contributed by atoms with Crippen LogP contribution in [-0.4, -0.2) is 43.8 Å². The molecule has 1 N–H and O–H groups in total. The summed E-state index contributed by atoms with van der Waals surface area (Å²) >= 11 is 0. The predicted octanol–water partition coefficient (Wildman–Crippen LogP) is 6.45. The van der Waals surface area contributed by atoms with Gasteiger partial charge in [-0.15, -0.1) is 0 Å². The van der Waals surface area contributed by atoms with Crippen molar-refractivity contribution in [1.29, 1.82) is 0 Å². The summed E-state index contributed by atoms with van der Waals surface area (Å²) in [5.41, 5.74) is 4.06. The first-order chi connectivity index (χ1) is 22.3. The molecule has 0 aromatic heterocycles. The van der Waals surface area contributed by atoms with Crippen molar-refractivity contribution < 1.29 is 18.0 Å². The zero-order chi connectivity index (χ0) is 32.5. The Balaban J connectivity index is 1.59. The Bertz CT molecular complexity index is 1720. The topological polar surface area (TPSA) is 86.8 Å². The quantitative estimate of drug-likeness (QED) is 0.183. The molecule has 4 aromatic carbocycles. The number of anilines is 1. The number of carbonyl (C=O) groups excluding carboxylic acids is 2. The Morgan fingerprint density at radius 3 is 2.04 bits per heavy atom. The third kappa shape index (κ3) is 7.85. The Kier molecular flexibility index (Phi) is 10.9. The van der Waals surface area contributed by atoms with E-state index in [9.17, 15) is 18.0 Å².